The lowest BCUT2D eigenvalue weighted by atomic mass is 10.2. The maximum absolute atomic E-state index is 12.1. The summed E-state index contributed by atoms with van der Waals surface area (Å²) in [6.45, 7) is 3.49. The highest BCUT2D eigenvalue weighted by Gasteiger charge is 2.20. The van der Waals surface area contributed by atoms with Crippen LogP contribution in [0.2, 0.25) is 5.02 Å². The van der Waals surface area contributed by atoms with Crippen LogP contribution in [-0.4, -0.2) is 48.6 Å². The second kappa shape index (κ2) is 7.55. The summed E-state index contributed by atoms with van der Waals surface area (Å²) in [6, 6.07) is 14.4. The molecule has 0 saturated carbocycles. The van der Waals surface area contributed by atoms with E-state index in [1.54, 1.807) is 30.3 Å². The molecule has 2 aromatic carbocycles. The number of anilines is 2. The number of nitrogens with zero attached hydrogens (tertiary/aromatic N) is 2. The van der Waals surface area contributed by atoms with Gasteiger partial charge in [-0.25, -0.2) is 0 Å². The monoisotopic (exact) mass is 345 g/mol. The normalized spacial score (nSPS) is 15.3. The van der Waals surface area contributed by atoms with Crippen molar-refractivity contribution in [3.05, 3.63) is 53.6 Å². The fraction of sp³-hybridized carbons (Fsp3) is 0.278. The van der Waals surface area contributed by atoms with Gasteiger partial charge in [0.2, 0.25) is 5.91 Å². The van der Waals surface area contributed by atoms with E-state index in [0.717, 1.165) is 37.6 Å². The lowest BCUT2D eigenvalue weighted by Gasteiger charge is -2.35. The molecule has 0 bridgehead atoms. The Hall–Kier alpha value is -2.24. The molecule has 24 heavy (non-hydrogen) atoms. The zero-order chi connectivity index (χ0) is 16.9. The zero-order valence-electron chi connectivity index (χ0n) is 13.3. The number of halogens is 1. The van der Waals surface area contributed by atoms with Crippen molar-refractivity contribution < 1.29 is 9.90 Å². The first kappa shape index (κ1) is 16.6. The van der Waals surface area contributed by atoms with Gasteiger partial charge in [0, 0.05) is 36.9 Å². The summed E-state index contributed by atoms with van der Waals surface area (Å²) in [7, 11) is 0. The van der Waals surface area contributed by atoms with Gasteiger partial charge in [0.25, 0.3) is 0 Å². The van der Waals surface area contributed by atoms with Crippen LogP contribution in [0.5, 0.6) is 5.75 Å². The van der Waals surface area contributed by atoms with Crippen LogP contribution >= 0.6 is 11.6 Å². The third-order valence-corrected chi connectivity index (χ3v) is 4.34. The van der Waals surface area contributed by atoms with Gasteiger partial charge in [-0.3, -0.25) is 9.69 Å². The molecule has 0 radical (unpaired) electrons. The van der Waals surface area contributed by atoms with E-state index in [1.807, 2.05) is 18.2 Å². The first-order valence-electron chi connectivity index (χ1n) is 7.92. The van der Waals surface area contributed by atoms with E-state index in [4.69, 9.17) is 11.6 Å². The molecule has 2 N–H and O–H groups in total. The number of piperazine rings is 1. The quantitative estimate of drug-likeness (QED) is 0.894. The molecular formula is C18H20ClN3O2. The number of phenolic OH excluding ortho intramolecular Hbond substituents is 1. The highest BCUT2D eigenvalue weighted by molar-refractivity contribution is 6.30. The van der Waals surface area contributed by atoms with Crippen LogP contribution < -0.4 is 10.2 Å². The number of benzene rings is 2. The molecule has 6 heteroatoms. The average Bonchev–Trinajstić information content (AvgIpc) is 2.58. The van der Waals surface area contributed by atoms with Crippen molar-refractivity contribution in [1.29, 1.82) is 0 Å². The second-order valence-corrected chi connectivity index (χ2v) is 6.24. The molecule has 5 nitrogen and oxygen atoms in total. The fourth-order valence-electron chi connectivity index (χ4n) is 2.82. The lowest BCUT2D eigenvalue weighted by Crippen LogP contribution is -2.48. The van der Waals surface area contributed by atoms with Gasteiger partial charge in [0.05, 0.1) is 12.2 Å². The minimum Gasteiger partial charge on any atom is -0.506 e. The molecule has 2 aromatic rings. The lowest BCUT2D eigenvalue weighted by molar-refractivity contribution is -0.117. The van der Waals surface area contributed by atoms with E-state index in [0.29, 0.717) is 17.3 Å². The van der Waals surface area contributed by atoms with Crippen LogP contribution in [0.4, 0.5) is 11.4 Å². The molecule has 1 heterocycles. The first-order valence-corrected chi connectivity index (χ1v) is 8.30. The summed E-state index contributed by atoms with van der Waals surface area (Å²) < 4.78 is 0. The summed E-state index contributed by atoms with van der Waals surface area (Å²) in [4.78, 5) is 16.4. The Bertz CT molecular complexity index is 698. The van der Waals surface area contributed by atoms with Gasteiger partial charge >= 0.3 is 0 Å². The number of hydrogen-bond acceptors (Lipinski definition) is 4. The Morgan fingerprint density at radius 2 is 1.71 bits per heavy atom. The maximum Gasteiger partial charge on any atom is 0.238 e. The molecule has 1 aliphatic heterocycles. The van der Waals surface area contributed by atoms with Crippen molar-refractivity contribution in [3.8, 4) is 5.75 Å². The maximum atomic E-state index is 12.1. The summed E-state index contributed by atoms with van der Waals surface area (Å²) in [5.41, 5.74) is 1.60. The molecular weight excluding hydrogens is 326 g/mol. The Labute approximate surface area is 146 Å². The second-order valence-electron chi connectivity index (χ2n) is 5.81. The standard InChI is InChI=1S/C18H20ClN3O2/c19-14-5-7-15(8-6-14)20-18(24)13-21-9-11-22(12-10-21)16-3-1-2-4-17(16)23/h1-8,23H,9-13H2,(H,20,24). The predicted molar refractivity (Wildman–Crippen MR) is 96.8 cm³/mol. The minimum atomic E-state index is -0.0340. The van der Waals surface area contributed by atoms with E-state index < -0.39 is 0 Å². The zero-order valence-corrected chi connectivity index (χ0v) is 14.0. The van der Waals surface area contributed by atoms with Crippen LogP contribution in [0, 0.1) is 0 Å². The number of para-hydroxylation sites is 2. The number of aromatic hydroxyl groups is 1. The van der Waals surface area contributed by atoms with E-state index in [2.05, 4.69) is 15.1 Å². The van der Waals surface area contributed by atoms with Crippen molar-refractivity contribution in [2.24, 2.45) is 0 Å². The molecule has 0 atom stereocenters. The number of rotatable bonds is 4. The minimum absolute atomic E-state index is 0.0340. The largest absolute Gasteiger partial charge is 0.506 e. The molecule has 1 saturated heterocycles. The Morgan fingerprint density at radius 1 is 1.04 bits per heavy atom. The Balaban J connectivity index is 1.49. The Kier molecular flexibility index (Phi) is 5.23. The van der Waals surface area contributed by atoms with Crippen molar-refractivity contribution in [3.63, 3.8) is 0 Å². The average molecular weight is 346 g/mol. The summed E-state index contributed by atoms with van der Waals surface area (Å²) in [6.07, 6.45) is 0. The smallest absolute Gasteiger partial charge is 0.238 e. The van der Waals surface area contributed by atoms with Gasteiger partial charge < -0.3 is 15.3 Å². The Morgan fingerprint density at radius 3 is 2.38 bits per heavy atom. The van der Waals surface area contributed by atoms with Crippen LogP contribution in [0.25, 0.3) is 0 Å². The molecule has 0 aliphatic carbocycles. The van der Waals surface area contributed by atoms with E-state index in [9.17, 15) is 9.90 Å². The number of hydrogen-bond donors (Lipinski definition) is 2. The van der Waals surface area contributed by atoms with Crippen LogP contribution in [0.3, 0.4) is 0 Å². The molecule has 0 aromatic heterocycles. The molecule has 1 amide bonds. The molecule has 0 unspecified atom stereocenters. The molecule has 1 aliphatic rings. The first-order chi connectivity index (χ1) is 11.6. The highest BCUT2D eigenvalue weighted by atomic mass is 35.5. The van der Waals surface area contributed by atoms with Gasteiger partial charge in [-0.05, 0) is 36.4 Å². The molecule has 126 valence electrons. The van der Waals surface area contributed by atoms with Crippen molar-refractivity contribution in [2.45, 2.75) is 0 Å². The molecule has 3 rings (SSSR count). The van der Waals surface area contributed by atoms with Gasteiger partial charge in [0.15, 0.2) is 0 Å². The van der Waals surface area contributed by atoms with Crippen LogP contribution in [-0.2, 0) is 4.79 Å². The van der Waals surface area contributed by atoms with Gasteiger partial charge in [-0.2, -0.15) is 0 Å². The van der Waals surface area contributed by atoms with Gasteiger partial charge in [-0.15, -0.1) is 0 Å². The van der Waals surface area contributed by atoms with E-state index >= 15 is 0 Å². The number of carbonyl (C=O) groups excluding carboxylic acids is 1. The molecule has 0 spiro atoms. The van der Waals surface area contributed by atoms with Gasteiger partial charge in [0.1, 0.15) is 5.75 Å². The third-order valence-electron chi connectivity index (χ3n) is 4.09. The SMILES string of the molecule is O=C(CN1CCN(c2ccccc2O)CC1)Nc1ccc(Cl)cc1. The van der Waals surface area contributed by atoms with Crippen molar-refractivity contribution in [2.75, 3.05) is 42.9 Å². The van der Waals surface area contributed by atoms with E-state index in [-0.39, 0.29) is 5.91 Å². The van der Waals surface area contributed by atoms with Crippen LogP contribution in [0.1, 0.15) is 0 Å². The van der Waals surface area contributed by atoms with Crippen molar-refractivity contribution in [1.82, 2.24) is 4.90 Å². The van der Waals surface area contributed by atoms with E-state index in [1.165, 1.54) is 0 Å². The predicted octanol–water partition coefficient (Wildman–Crippen LogP) is 2.81. The molecule has 1 fully saturated rings. The highest BCUT2D eigenvalue weighted by Crippen LogP contribution is 2.27. The number of phenols is 1. The van der Waals surface area contributed by atoms with Crippen LogP contribution in [0.15, 0.2) is 48.5 Å². The summed E-state index contributed by atoms with van der Waals surface area (Å²) in [5.74, 6) is 0.264. The number of nitrogens with one attached hydrogen (secondary N) is 1. The number of amides is 1. The van der Waals surface area contributed by atoms with Gasteiger partial charge in [-0.1, -0.05) is 23.7 Å². The summed E-state index contributed by atoms with van der Waals surface area (Å²) in [5, 5.41) is 13.5. The fourth-order valence-corrected chi connectivity index (χ4v) is 2.94. The van der Waals surface area contributed by atoms with Crippen molar-refractivity contribution >= 4 is 28.9 Å². The topological polar surface area (TPSA) is 55.8 Å². The summed E-state index contributed by atoms with van der Waals surface area (Å²) >= 11 is 5.84. The third kappa shape index (κ3) is 4.19. The number of carbonyl (C=O) groups is 1.